The summed E-state index contributed by atoms with van der Waals surface area (Å²) in [5, 5.41) is 0. The molecule has 2 aromatic rings. The number of halogens is 2. The summed E-state index contributed by atoms with van der Waals surface area (Å²) in [6, 6.07) is 12.6. The van der Waals surface area contributed by atoms with E-state index in [0.29, 0.717) is 5.92 Å². The first-order chi connectivity index (χ1) is 14.6. The fourth-order valence-electron chi connectivity index (χ4n) is 5.59. The Kier molecular flexibility index (Phi) is 7.02. The third kappa shape index (κ3) is 5.20. The van der Waals surface area contributed by atoms with Crippen LogP contribution in [0.25, 0.3) is 11.1 Å². The Morgan fingerprint density at radius 1 is 0.700 bits per heavy atom. The van der Waals surface area contributed by atoms with Crippen LogP contribution in [0.15, 0.2) is 55.1 Å². The lowest BCUT2D eigenvalue weighted by Crippen LogP contribution is -2.17. The lowest BCUT2D eigenvalue weighted by atomic mass is 9.74. The molecule has 2 fully saturated rings. The molecule has 0 nitrogen and oxygen atoms in total. The average Bonchev–Trinajstić information content (AvgIpc) is 2.80. The van der Waals surface area contributed by atoms with Crippen molar-refractivity contribution in [3.05, 3.63) is 72.3 Å². The molecule has 2 aliphatic rings. The summed E-state index contributed by atoms with van der Waals surface area (Å²) < 4.78 is 26.7. The highest BCUT2D eigenvalue weighted by Crippen LogP contribution is 2.40. The van der Waals surface area contributed by atoms with Crippen molar-refractivity contribution in [1.82, 2.24) is 0 Å². The fraction of sp³-hybridized carbons (Fsp3) is 0.500. The predicted octanol–water partition coefficient (Wildman–Crippen LogP) is 8.68. The van der Waals surface area contributed by atoms with Gasteiger partial charge in [-0.05, 0) is 104 Å². The maximum Gasteiger partial charge on any atom is 0.159 e. The van der Waals surface area contributed by atoms with Gasteiger partial charge in [-0.15, -0.1) is 6.58 Å². The van der Waals surface area contributed by atoms with E-state index in [4.69, 9.17) is 0 Å². The maximum absolute atomic E-state index is 13.5. The molecule has 0 spiro atoms. The molecule has 0 heterocycles. The molecule has 0 amide bonds. The molecule has 30 heavy (non-hydrogen) atoms. The summed E-state index contributed by atoms with van der Waals surface area (Å²) in [7, 11) is 0. The smallest absolute Gasteiger partial charge is 0.159 e. The van der Waals surface area contributed by atoms with Crippen molar-refractivity contribution in [2.45, 2.75) is 70.1 Å². The number of hydrogen-bond acceptors (Lipinski definition) is 0. The van der Waals surface area contributed by atoms with Gasteiger partial charge in [0.25, 0.3) is 0 Å². The van der Waals surface area contributed by atoms with Gasteiger partial charge in [0.1, 0.15) is 0 Å². The Morgan fingerprint density at radius 3 is 1.83 bits per heavy atom. The van der Waals surface area contributed by atoms with Gasteiger partial charge in [0.2, 0.25) is 0 Å². The minimum absolute atomic E-state index is 0.642. The summed E-state index contributed by atoms with van der Waals surface area (Å²) in [5.74, 6) is 1.68. The molecule has 0 aromatic heterocycles. The summed E-state index contributed by atoms with van der Waals surface area (Å²) in [4.78, 5) is 0. The zero-order chi connectivity index (χ0) is 20.9. The van der Waals surface area contributed by atoms with E-state index in [1.165, 1.54) is 81.9 Å². The van der Waals surface area contributed by atoms with E-state index in [2.05, 4.69) is 24.8 Å². The molecular formula is C28H34F2. The Labute approximate surface area is 180 Å². The van der Waals surface area contributed by atoms with Crippen LogP contribution in [0.3, 0.4) is 0 Å². The van der Waals surface area contributed by atoms with Gasteiger partial charge in [0.05, 0.1) is 0 Å². The fourth-order valence-corrected chi connectivity index (χ4v) is 5.59. The summed E-state index contributed by atoms with van der Waals surface area (Å²) in [6.45, 7) is 3.96. The zero-order valence-corrected chi connectivity index (χ0v) is 18.0. The van der Waals surface area contributed by atoms with Gasteiger partial charge in [-0.3, -0.25) is 0 Å². The van der Waals surface area contributed by atoms with E-state index >= 15 is 0 Å². The van der Waals surface area contributed by atoms with Gasteiger partial charge >= 0.3 is 0 Å². The average molecular weight is 409 g/mol. The second kappa shape index (κ2) is 9.90. The van der Waals surface area contributed by atoms with Crippen LogP contribution in [-0.4, -0.2) is 0 Å². The Morgan fingerprint density at radius 2 is 1.27 bits per heavy atom. The molecule has 2 aromatic carbocycles. The highest BCUT2D eigenvalue weighted by Gasteiger charge is 2.24. The Bertz CT molecular complexity index is 822. The molecule has 0 aliphatic heterocycles. The largest absolute Gasteiger partial charge is 0.204 e. The first-order valence-corrected chi connectivity index (χ1v) is 11.8. The van der Waals surface area contributed by atoms with E-state index in [-0.39, 0.29) is 0 Å². The van der Waals surface area contributed by atoms with E-state index < -0.39 is 11.6 Å². The number of rotatable bonds is 6. The predicted molar refractivity (Wildman–Crippen MR) is 121 cm³/mol. The van der Waals surface area contributed by atoms with Crippen molar-refractivity contribution in [2.24, 2.45) is 17.8 Å². The van der Waals surface area contributed by atoms with Gasteiger partial charge in [0.15, 0.2) is 11.6 Å². The second-order valence-electron chi connectivity index (χ2n) is 9.56. The van der Waals surface area contributed by atoms with Crippen LogP contribution in [0.1, 0.15) is 75.7 Å². The standard InChI is InChI=1S/C28H34F2/c1-2-20-3-5-21(6-4-20)7-8-22-9-11-23(12-10-22)24-13-15-25(16-14-24)26-17-18-27(29)28(30)19-26/h2,13-23H,1,3-12H2/t20-,21-,22-,23-. The van der Waals surface area contributed by atoms with Gasteiger partial charge in [-0.2, -0.15) is 0 Å². The molecule has 0 unspecified atom stereocenters. The normalized spacial score (nSPS) is 27.0. The van der Waals surface area contributed by atoms with Crippen LogP contribution in [-0.2, 0) is 0 Å². The molecule has 0 N–H and O–H groups in total. The van der Waals surface area contributed by atoms with Gasteiger partial charge in [-0.25, -0.2) is 8.78 Å². The minimum atomic E-state index is -0.795. The van der Waals surface area contributed by atoms with Crippen LogP contribution in [0.2, 0.25) is 0 Å². The monoisotopic (exact) mass is 408 g/mol. The third-order valence-corrected chi connectivity index (χ3v) is 7.69. The van der Waals surface area contributed by atoms with Crippen LogP contribution < -0.4 is 0 Å². The number of benzene rings is 2. The quantitative estimate of drug-likeness (QED) is 0.419. The van der Waals surface area contributed by atoms with Crippen molar-refractivity contribution >= 4 is 0 Å². The Balaban J connectivity index is 1.25. The highest BCUT2D eigenvalue weighted by molar-refractivity contribution is 5.63. The molecule has 160 valence electrons. The first kappa shape index (κ1) is 21.3. The number of allylic oxidation sites excluding steroid dienone is 1. The van der Waals surface area contributed by atoms with E-state index in [1.54, 1.807) is 6.07 Å². The van der Waals surface area contributed by atoms with Crippen molar-refractivity contribution < 1.29 is 8.78 Å². The third-order valence-electron chi connectivity index (χ3n) is 7.69. The van der Waals surface area contributed by atoms with Crippen molar-refractivity contribution in [3.63, 3.8) is 0 Å². The Hall–Kier alpha value is -1.96. The molecule has 2 aliphatic carbocycles. The molecular weight excluding hydrogens is 374 g/mol. The van der Waals surface area contributed by atoms with Gasteiger partial charge in [-0.1, -0.05) is 49.2 Å². The molecule has 0 saturated heterocycles. The van der Waals surface area contributed by atoms with Crippen LogP contribution >= 0.6 is 0 Å². The SMILES string of the molecule is C=C[C@H]1CC[C@H](CC[C@H]2CC[C@H](c3ccc(-c4ccc(F)c(F)c4)cc3)CC2)CC1. The first-order valence-electron chi connectivity index (χ1n) is 11.8. The molecule has 0 bridgehead atoms. The lowest BCUT2D eigenvalue weighted by molar-refractivity contribution is 0.246. The maximum atomic E-state index is 13.5. The van der Waals surface area contributed by atoms with Crippen molar-refractivity contribution in [3.8, 4) is 11.1 Å². The molecule has 0 atom stereocenters. The zero-order valence-electron chi connectivity index (χ0n) is 18.0. The highest BCUT2D eigenvalue weighted by atomic mass is 19.2. The van der Waals surface area contributed by atoms with E-state index in [9.17, 15) is 8.78 Å². The van der Waals surface area contributed by atoms with Crippen LogP contribution in [0, 0.1) is 29.4 Å². The molecule has 4 rings (SSSR count). The molecule has 0 radical (unpaired) electrons. The summed E-state index contributed by atoms with van der Waals surface area (Å²) in [5.41, 5.74) is 3.06. The molecule has 2 saturated carbocycles. The van der Waals surface area contributed by atoms with Gasteiger partial charge < -0.3 is 0 Å². The van der Waals surface area contributed by atoms with Crippen molar-refractivity contribution in [1.29, 1.82) is 0 Å². The summed E-state index contributed by atoms with van der Waals surface area (Å²) >= 11 is 0. The van der Waals surface area contributed by atoms with Crippen LogP contribution in [0.5, 0.6) is 0 Å². The molecule has 2 heteroatoms. The van der Waals surface area contributed by atoms with Crippen LogP contribution in [0.4, 0.5) is 8.78 Å². The van der Waals surface area contributed by atoms with E-state index in [1.807, 2.05) is 12.1 Å². The van der Waals surface area contributed by atoms with Crippen molar-refractivity contribution in [2.75, 3.05) is 0 Å². The second-order valence-corrected chi connectivity index (χ2v) is 9.56. The van der Waals surface area contributed by atoms with Gasteiger partial charge in [0, 0.05) is 0 Å². The lowest BCUT2D eigenvalue weighted by Gasteiger charge is -2.31. The topological polar surface area (TPSA) is 0 Å². The number of hydrogen-bond donors (Lipinski definition) is 0. The minimum Gasteiger partial charge on any atom is -0.204 e. The summed E-state index contributed by atoms with van der Waals surface area (Å²) in [6.07, 6.45) is 15.7. The van der Waals surface area contributed by atoms with E-state index in [0.717, 1.165) is 28.9 Å².